The van der Waals surface area contributed by atoms with E-state index in [4.69, 9.17) is 16.2 Å². The molecule has 0 aliphatic heterocycles. The van der Waals surface area contributed by atoms with Gasteiger partial charge in [0.2, 0.25) is 0 Å². The number of hydrogen-bond donors (Lipinski definition) is 3. The third kappa shape index (κ3) is 3.19. The lowest BCUT2D eigenvalue weighted by molar-refractivity contribution is 0.0997. The van der Waals surface area contributed by atoms with Crippen molar-refractivity contribution < 1.29 is 13.9 Å². The molecule has 2 rings (SSSR count). The Morgan fingerprint density at radius 1 is 1.35 bits per heavy atom. The van der Waals surface area contributed by atoms with Crippen molar-refractivity contribution in [1.82, 2.24) is 0 Å². The molecule has 1 saturated carbocycles. The van der Waals surface area contributed by atoms with Gasteiger partial charge in [-0.1, -0.05) is 0 Å². The number of hydrogen-bond acceptors (Lipinski definition) is 4. The highest BCUT2D eigenvalue weighted by atomic mass is 19.1. The Morgan fingerprint density at radius 2 is 2.00 bits per heavy atom. The number of benzene rings is 1. The van der Waals surface area contributed by atoms with E-state index in [1.807, 2.05) is 0 Å². The minimum atomic E-state index is -0.712. The van der Waals surface area contributed by atoms with E-state index in [1.54, 1.807) is 0 Å². The molecule has 0 heterocycles. The van der Waals surface area contributed by atoms with Crippen molar-refractivity contribution in [2.24, 2.45) is 11.5 Å². The Bertz CT molecular complexity index is 499. The number of rotatable bonds is 4. The lowest BCUT2D eigenvalue weighted by atomic mass is 9.91. The van der Waals surface area contributed by atoms with Crippen molar-refractivity contribution in [3.63, 3.8) is 0 Å². The smallest absolute Gasteiger partial charge is 0.252 e. The monoisotopic (exact) mass is 281 g/mol. The Kier molecular flexibility index (Phi) is 4.44. The van der Waals surface area contributed by atoms with Crippen LogP contribution in [0.5, 0.6) is 5.75 Å². The maximum Gasteiger partial charge on any atom is 0.252 e. The lowest BCUT2D eigenvalue weighted by Gasteiger charge is -2.28. The molecule has 110 valence electrons. The van der Waals surface area contributed by atoms with E-state index >= 15 is 0 Å². The summed E-state index contributed by atoms with van der Waals surface area (Å²) in [6.07, 6.45) is 3.66. The minimum Gasteiger partial charge on any atom is -0.496 e. The van der Waals surface area contributed by atoms with Crippen LogP contribution >= 0.6 is 0 Å². The molecule has 1 aromatic carbocycles. The second kappa shape index (κ2) is 6.09. The Morgan fingerprint density at radius 3 is 2.55 bits per heavy atom. The normalized spacial score (nSPS) is 22.4. The summed E-state index contributed by atoms with van der Waals surface area (Å²) in [4.78, 5) is 11.2. The molecule has 0 spiro atoms. The fourth-order valence-electron chi connectivity index (χ4n) is 2.51. The first kappa shape index (κ1) is 14.6. The summed E-state index contributed by atoms with van der Waals surface area (Å²) in [5.41, 5.74) is 11.4. The number of nitrogens with two attached hydrogens (primary N) is 2. The van der Waals surface area contributed by atoms with Gasteiger partial charge in [-0.15, -0.1) is 0 Å². The number of primary amides is 1. The summed E-state index contributed by atoms with van der Waals surface area (Å²) in [6.45, 7) is 0. The molecular formula is C14H20FN3O2. The molecule has 1 aliphatic carbocycles. The molecule has 0 unspecified atom stereocenters. The number of halogens is 1. The van der Waals surface area contributed by atoms with Crippen LogP contribution in [0.3, 0.4) is 0 Å². The van der Waals surface area contributed by atoms with Crippen LogP contribution in [0.25, 0.3) is 0 Å². The van der Waals surface area contributed by atoms with Crippen molar-refractivity contribution in [2.45, 2.75) is 37.8 Å². The van der Waals surface area contributed by atoms with E-state index in [-0.39, 0.29) is 23.4 Å². The Labute approximate surface area is 117 Å². The maximum absolute atomic E-state index is 14.0. The number of carbonyl (C=O) groups is 1. The van der Waals surface area contributed by atoms with Crippen molar-refractivity contribution in [2.75, 3.05) is 12.4 Å². The van der Waals surface area contributed by atoms with Crippen LogP contribution in [-0.4, -0.2) is 25.1 Å². The van der Waals surface area contributed by atoms with Gasteiger partial charge in [0.25, 0.3) is 5.91 Å². The average Bonchev–Trinajstić information content (AvgIpc) is 2.42. The molecule has 1 aromatic rings. The second-order valence-electron chi connectivity index (χ2n) is 5.15. The van der Waals surface area contributed by atoms with Crippen LogP contribution < -0.4 is 21.5 Å². The average molecular weight is 281 g/mol. The summed E-state index contributed by atoms with van der Waals surface area (Å²) in [6, 6.07) is 3.01. The Hall–Kier alpha value is -1.82. The highest BCUT2D eigenvalue weighted by molar-refractivity contribution is 5.96. The molecule has 5 N–H and O–H groups in total. The number of methoxy groups -OCH3 is 1. The molecule has 0 radical (unpaired) electrons. The van der Waals surface area contributed by atoms with Crippen molar-refractivity contribution >= 4 is 11.6 Å². The van der Waals surface area contributed by atoms with E-state index in [0.29, 0.717) is 5.69 Å². The van der Waals surface area contributed by atoms with Gasteiger partial charge in [-0.2, -0.15) is 0 Å². The summed E-state index contributed by atoms with van der Waals surface area (Å²) in [5, 5.41) is 3.15. The number of amides is 1. The summed E-state index contributed by atoms with van der Waals surface area (Å²) in [7, 11) is 1.42. The quantitative estimate of drug-likeness (QED) is 0.782. The summed E-state index contributed by atoms with van der Waals surface area (Å²) >= 11 is 0. The Balaban J connectivity index is 2.17. The van der Waals surface area contributed by atoms with Gasteiger partial charge in [0.1, 0.15) is 11.6 Å². The summed E-state index contributed by atoms with van der Waals surface area (Å²) in [5.74, 6) is -0.945. The second-order valence-corrected chi connectivity index (χ2v) is 5.15. The van der Waals surface area contributed by atoms with Gasteiger partial charge in [0.05, 0.1) is 18.4 Å². The molecule has 6 heteroatoms. The molecule has 0 saturated heterocycles. The van der Waals surface area contributed by atoms with Gasteiger partial charge in [0.15, 0.2) is 0 Å². The standard InChI is InChI=1S/C14H20FN3O2/c1-20-13-7-12(11(15)6-10(13)14(17)19)18-9-4-2-8(16)3-5-9/h6-9,18H,2-5,16H2,1H3,(H2,17,19)/t8-,9-. The minimum absolute atomic E-state index is 0.0428. The van der Waals surface area contributed by atoms with Crippen LogP contribution in [0.1, 0.15) is 36.0 Å². The number of nitrogens with one attached hydrogen (secondary N) is 1. The SMILES string of the molecule is COc1cc(N[C@H]2CC[C@H](N)CC2)c(F)cc1C(N)=O. The van der Waals surface area contributed by atoms with E-state index in [1.165, 1.54) is 13.2 Å². The first-order valence-electron chi connectivity index (χ1n) is 6.70. The fraction of sp³-hybridized carbons (Fsp3) is 0.500. The van der Waals surface area contributed by atoms with Crippen LogP contribution in [-0.2, 0) is 0 Å². The largest absolute Gasteiger partial charge is 0.496 e. The van der Waals surface area contributed by atoms with Gasteiger partial charge in [-0.3, -0.25) is 4.79 Å². The lowest BCUT2D eigenvalue weighted by Crippen LogP contribution is -2.33. The van der Waals surface area contributed by atoms with E-state index in [0.717, 1.165) is 31.7 Å². The van der Waals surface area contributed by atoms with Gasteiger partial charge in [-0.05, 0) is 31.7 Å². The molecule has 1 amide bonds. The highest BCUT2D eigenvalue weighted by Gasteiger charge is 2.21. The van der Waals surface area contributed by atoms with Gasteiger partial charge < -0.3 is 21.5 Å². The predicted octanol–water partition coefficient (Wildman–Crippen LogP) is 1.61. The first-order chi connectivity index (χ1) is 9.51. The third-order valence-electron chi connectivity index (χ3n) is 3.69. The molecular weight excluding hydrogens is 261 g/mol. The van der Waals surface area contributed by atoms with Gasteiger partial charge in [-0.25, -0.2) is 4.39 Å². The molecule has 1 aliphatic rings. The van der Waals surface area contributed by atoms with E-state index < -0.39 is 11.7 Å². The zero-order valence-corrected chi connectivity index (χ0v) is 11.5. The van der Waals surface area contributed by atoms with Gasteiger partial charge in [0, 0.05) is 18.2 Å². The topological polar surface area (TPSA) is 90.4 Å². The fourth-order valence-corrected chi connectivity index (χ4v) is 2.51. The zero-order valence-electron chi connectivity index (χ0n) is 11.5. The van der Waals surface area contributed by atoms with Crippen LogP contribution in [0, 0.1) is 5.82 Å². The maximum atomic E-state index is 14.0. The van der Waals surface area contributed by atoms with Gasteiger partial charge >= 0.3 is 0 Å². The van der Waals surface area contributed by atoms with E-state index in [9.17, 15) is 9.18 Å². The van der Waals surface area contributed by atoms with Crippen molar-refractivity contribution in [3.8, 4) is 5.75 Å². The number of carbonyl (C=O) groups excluding carboxylic acids is 1. The molecule has 0 aromatic heterocycles. The van der Waals surface area contributed by atoms with Crippen molar-refractivity contribution in [3.05, 3.63) is 23.5 Å². The van der Waals surface area contributed by atoms with Crippen LogP contribution in [0.2, 0.25) is 0 Å². The molecule has 0 bridgehead atoms. The number of anilines is 1. The predicted molar refractivity (Wildman–Crippen MR) is 75.3 cm³/mol. The molecule has 1 fully saturated rings. The first-order valence-corrected chi connectivity index (χ1v) is 6.70. The summed E-state index contributed by atoms with van der Waals surface area (Å²) < 4.78 is 19.1. The van der Waals surface area contributed by atoms with Crippen LogP contribution in [0.15, 0.2) is 12.1 Å². The van der Waals surface area contributed by atoms with Crippen LogP contribution in [0.4, 0.5) is 10.1 Å². The van der Waals surface area contributed by atoms with E-state index in [2.05, 4.69) is 5.32 Å². The highest BCUT2D eigenvalue weighted by Crippen LogP contribution is 2.29. The third-order valence-corrected chi connectivity index (χ3v) is 3.69. The molecule has 20 heavy (non-hydrogen) atoms. The zero-order chi connectivity index (χ0) is 14.7. The van der Waals surface area contributed by atoms with Crippen molar-refractivity contribution in [1.29, 1.82) is 0 Å². The number of ether oxygens (including phenoxy) is 1. The molecule has 5 nitrogen and oxygen atoms in total. The molecule has 0 atom stereocenters.